The van der Waals surface area contributed by atoms with Crippen LogP contribution in [0.2, 0.25) is 0 Å². The van der Waals surface area contributed by atoms with Crippen molar-refractivity contribution < 1.29 is 4.39 Å². The first-order valence-electron chi connectivity index (χ1n) is 5.62. The van der Waals surface area contributed by atoms with Crippen molar-refractivity contribution >= 4 is 0 Å². The molecule has 0 fully saturated rings. The van der Waals surface area contributed by atoms with Gasteiger partial charge in [0.15, 0.2) is 0 Å². The molecule has 3 N–H and O–H groups in total. The minimum atomic E-state index is -0.501. The number of rotatable bonds is 3. The van der Waals surface area contributed by atoms with Crippen LogP contribution in [0.25, 0.3) is 0 Å². The Kier molecular flexibility index (Phi) is 3.64. The van der Waals surface area contributed by atoms with Crippen LogP contribution in [0.1, 0.15) is 28.4 Å². The van der Waals surface area contributed by atoms with Crippen LogP contribution in [-0.4, -0.2) is 9.97 Å². The minimum absolute atomic E-state index is 0.291. The molecule has 0 saturated carbocycles. The van der Waals surface area contributed by atoms with E-state index in [2.05, 4.69) is 15.4 Å². The van der Waals surface area contributed by atoms with Gasteiger partial charge in [-0.15, -0.1) is 0 Å². The van der Waals surface area contributed by atoms with Gasteiger partial charge in [-0.1, -0.05) is 6.07 Å². The maximum atomic E-state index is 14.1. The van der Waals surface area contributed by atoms with Gasteiger partial charge in [-0.2, -0.15) is 0 Å². The topological polar surface area (TPSA) is 63.8 Å². The maximum Gasteiger partial charge on any atom is 0.128 e. The summed E-state index contributed by atoms with van der Waals surface area (Å²) < 4.78 is 14.1. The first kappa shape index (κ1) is 12.6. The fourth-order valence-corrected chi connectivity index (χ4v) is 2.07. The van der Waals surface area contributed by atoms with Crippen molar-refractivity contribution in [3.8, 4) is 0 Å². The van der Waals surface area contributed by atoms with Crippen molar-refractivity contribution in [2.24, 2.45) is 5.84 Å². The molecule has 0 amide bonds. The molecule has 0 saturated heterocycles. The van der Waals surface area contributed by atoms with Gasteiger partial charge in [0, 0.05) is 18.0 Å². The Morgan fingerprint density at radius 2 is 2.06 bits per heavy atom. The van der Waals surface area contributed by atoms with E-state index in [1.807, 2.05) is 19.9 Å². The molecule has 1 aromatic heterocycles. The quantitative estimate of drug-likeness (QED) is 0.640. The number of hydrogen-bond donors (Lipinski definition) is 2. The van der Waals surface area contributed by atoms with Crippen LogP contribution in [0.3, 0.4) is 0 Å². The van der Waals surface area contributed by atoms with Crippen LogP contribution in [0, 0.1) is 19.7 Å². The van der Waals surface area contributed by atoms with Gasteiger partial charge in [0.1, 0.15) is 5.82 Å². The number of aryl methyl sites for hydroxylation is 2. The zero-order chi connectivity index (χ0) is 13.1. The van der Waals surface area contributed by atoms with Gasteiger partial charge < -0.3 is 0 Å². The second-order valence-corrected chi connectivity index (χ2v) is 4.21. The second kappa shape index (κ2) is 5.20. The van der Waals surface area contributed by atoms with Crippen molar-refractivity contribution in [2.45, 2.75) is 19.9 Å². The van der Waals surface area contributed by atoms with E-state index in [9.17, 15) is 4.39 Å². The summed E-state index contributed by atoms with van der Waals surface area (Å²) in [5.74, 6) is 5.24. The molecule has 2 aromatic rings. The smallest absolute Gasteiger partial charge is 0.128 e. The molecule has 0 radical (unpaired) electrons. The summed E-state index contributed by atoms with van der Waals surface area (Å²) in [4.78, 5) is 8.13. The average Bonchev–Trinajstić information content (AvgIpc) is 2.34. The van der Waals surface area contributed by atoms with E-state index in [0.717, 1.165) is 11.1 Å². The third-order valence-corrected chi connectivity index (χ3v) is 2.81. The molecule has 0 aliphatic rings. The molecule has 5 heteroatoms. The Morgan fingerprint density at radius 3 is 2.61 bits per heavy atom. The normalized spacial score (nSPS) is 12.4. The van der Waals surface area contributed by atoms with E-state index >= 15 is 0 Å². The lowest BCUT2D eigenvalue weighted by Gasteiger charge is -2.19. The fraction of sp³-hybridized carbons (Fsp3) is 0.231. The number of nitrogens with one attached hydrogen (secondary N) is 1. The molecule has 18 heavy (non-hydrogen) atoms. The second-order valence-electron chi connectivity index (χ2n) is 4.21. The number of nitrogens with two attached hydrogens (primary N) is 1. The highest BCUT2D eigenvalue weighted by Gasteiger charge is 2.20. The van der Waals surface area contributed by atoms with Gasteiger partial charge in [-0.05, 0) is 31.0 Å². The van der Waals surface area contributed by atoms with Gasteiger partial charge in [0.05, 0.1) is 17.9 Å². The van der Waals surface area contributed by atoms with Crippen LogP contribution < -0.4 is 11.3 Å². The molecular formula is C13H15FN4. The molecule has 1 atom stereocenters. The van der Waals surface area contributed by atoms with Crippen LogP contribution in [0.4, 0.5) is 4.39 Å². The Morgan fingerprint density at radius 1 is 1.28 bits per heavy atom. The number of hydrogen-bond acceptors (Lipinski definition) is 4. The van der Waals surface area contributed by atoms with Crippen molar-refractivity contribution in [3.63, 3.8) is 0 Å². The molecule has 0 aliphatic heterocycles. The number of nitrogens with zero attached hydrogens (tertiary/aromatic N) is 2. The van der Waals surface area contributed by atoms with E-state index in [-0.39, 0.29) is 5.82 Å². The monoisotopic (exact) mass is 246 g/mol. The van der Waals surface area contributed by atoms with E-state index in [1.165, 1.54) is 6.07 Å². The number of hydrazine groups is 1. The third kappa shape index (κ3) is 2.37. The number of halogens is 1. The molecule has 0 spiro atoms. The SMILES string of the molecule is Cc1cc(C)c(C(NN)c2cnccn2)c(F)c1. The lowest BCUT2D eigenvalue weighted by Crippen LogP contribution is -2.31. The summed E-state index contributed by atoms with van der Waals surface area (Å²) in [6.07, 6.45) is 4.69. The van der Waals surface area contributed by atoms with E-state index in [1.54, 1.807) is 18.6 Å². The Labute approximate surface area is 105 Å². The lowest BCUT2D eigenvalue weighted by molar-refractivity contribution is 0.548. The molecule has 1 heterocycles. The van der Waals surface area contributed by atoms with Crippen LogP contribution in [0.5, 0.6) is 0 Å². The fourth-order valence-electron chi connectivity index (χ4n) is 2.07. The Balaban J connectivity index is 2.52. The summed E-state index contributed by atoms with van der Waals surface area (Å²) in [5.41, 5.74) is 5.40. The summed E-state index contributed by atoms with van der Waals surface area (Å²) in [6.45, 7) is 3.71. The summed E-state index contributed by atoms with van der Waals surface area (Å²) in [6, 6.07) is 2.90. The number of benzene rings is 1. The van der Waals surface area contributed by atoms with Crippen LogP contribution in [-0.2, 0) is 0 Å². The average molecular weight is 246 g/mol. The maximum absolute atomic E-state index is 14.1. The standard InChI is InChI=1S/C13H15FN4/c1-8-5-9(2)12(10(14)6-8)13(18-15)11-7-16-3-4-17-11/h3-7,13,18H,15H2,1-2H3. The molecule has 0 bridgehead atoms. The molecule has 2 rings (SSSR count). The summed E-state index contributed by atoms with van der Waals surface area (Å²) in [5, 5.41) is 0. The molecule has 0 aliphatic carbocycles. The van der Waals surface area contributed by atoms with Gasteiger partial charge in [-0.25, -0.2) is 9.82 Å². The summed E-state index contributed by atoms with van der Waals surface area (Å²) >= 11 is 0. The van der Waals surface area contributed by atoms with Gasteiger partial charge in [-0.3, -0.25) is 15.8 Å². The van der Waals surface area contributed by atoms with Gasteiger partial charge in [0.2, 0.25) is 0 Å². The summed E-state index contributed by atoms with van der Waals surface area (Å²) in [7, 11) is 0. The highest BCUT2D eigenvalue weighted by Crippen LogP contribution is 2.26. The van der Waals surface area contributed by atoms with Crippen LogP contribution in [0.15, 0.2) is 30.7 Å². The molecule has 1 aromatic carbocycles. The van der Waals surface area contributed by atoms with E-state index < -0.39 is 6.04 Å². The largest absolute Gasteiger partial charge is 0.271 e. The van der Waals surface area contributed by atoms with Crippen molar-refractivity contribution in [1.29, 1.82) is 0 Å². The predicted molar refractivity (Wildman–Crippen MR) is 67.1 cm³/mol. The Bertz CT molecular complexity index is 519. The van der Waals surface area contributed by atoms with Crippen molar-refractivity contribution in [1.82, 2.24) is 15.4 Å². The Hall–Kier alpha value is -1.85. The predicted octanol–water partition coefficient (Wildman–Crippen LogP) is 1.79. The zero-order valence-corrected chi connectivity index (χ0v) is 10.3. The molecule has 4 nitrogen and oxygen atoms in total. The van der Waals surface area contributed by atoms with Gasteiger partial charge >= 0.3 is 0 Å². The van der Waals surface area contributed by atoms with E-state index in [0.29, 0.717) is 11.3 Å². The highest BCUT2D eigenvalue weighted by atomic mass is 19.1. The lowest BCUT2D eigenvalue weighted by atomic mass is 9.97. The highest BCUT2D eigenvalue weighted by molar-refractivity contribution is 5.37. The first-order chi connectivity index (χ1) is 8.63. The molecule has 1 unspecified atom stereocenters. The van der Waals surface area contributed by atoms with Crippen LogP contribution >= 0.6 is 0 Å². The van der Waals surface area contributed by atoms with Crippen molar-refractivity contribution in [3.05, 3.63) is 58.9 Å². The minimum Gasteiger partial charge on any atom is -0.271 e. The zero-order valence-electron chi connectivity index (χ0n) is 10.3. The van der Waals surface area contributed by atoms with Gasteiger partial charge in [0.25, 0.3) is 0 Å². The molecule has 94 valence electrons. The molecular weight excluding hydrogens is 231 g/mol. The third-order valence-electron chi connectivity index (χ3n) is 2.81. The number of aromatic nitrogens is 2. The van der Waals surface area contributed by atoms with E-state index in [4.69, 9.17) is 5.84 Å². The first-order valence-corrected chi connectivity index (χ1v) is 5.62. The van der Waals surface area contributed by atoms with Crippen molar-refractivity contribution in [2.75, 3.05) is 0 Å².